The van der Waals surface area contributed by atoms with E-state index < -0.39 is 0 Å². The SMILES string of the molecule is C=CC(=CC1=CC(=O)OC(C)C1)CCN1CCNCC1. The second kappa shape index (κ2) is 7.41. The van der Waals surface area contributed by atoms with E-state index in [9.17, 15) is 4.79 Å². The van der Waals surface area contributed by atoms with Crippen molar-refractivity contribution in [2.45, 2.75) is 25.9 Å². The lowest BCUT2D eigenvalue weighted by molar-refractivity contribution is -0.143. The minimum atomic E-state index is -0.236. The van der Waals surface area contributed by atoms with E-state index in [0.29, 0.717) is 0 Å². The fourth-order valence-corrected chi connectivity index (χ4v) is 2.61. The van der Waals surface area contributed by atoms with Crippen LogP contribution in [0.3, 0.4) is 0 Å². The summed E-state index contributed by atoms with van der Waals surface area (Å²) in [6.45, 7) is 11.2. The van der Waals surface area contributed by atoms with Gasteiger partial charge in [0.25, 0.3) is 0 Å². The minimum Gasteiger partial charge on any atom is -0.459 e. The molecule has 2 heterocycles. The molecule has 0 saturated carbocycles. The Balaban J connectivity index is 1.91. The van der Waals surface area contributed by atoms with Crippen molar-refractivity contribution >= 4 is 5.97 Å². The van der Waals surface area contributed by atoms with Gasteiger partial charge in [0.1, 0.15) is 6.10 Å². The van der Waals surface area contributed by atoms with Gasteiger partial charge < -0.3 is 15.0 Å². The number of cyclic esters (lactones) is 1. The number of hydrogen-bond donors (Lipinski definition) is 1. The molecule has 2 aliphatic rings. The lowest BCUT2D eigenvalue weighted by Crippen LogP contribution is -2.43. The van der Waals surface area contributed by atoms with Crippen LogP contribution in [-0.4, -0.2) is 49.7 Å². The molecule has 0 aliphatic carbocycles. The monoisotopic (exact) mass is 276 g/mol. The van der Waals surface area contributed by atoms with Crippen LogP contribution in [0.15, 0.2) is 36.0 Å². The number of rotatable bonds is 5. The highest BCUT2D eigenvalue weighted by Crippen LogP contribution is 2.19. The van der Waals surface area contributed by atoms with Crippen molar-refractivity contribution in [3.8, 4) is 0 Å². The van der Waals surface area contributed by atoms with E-state index in [-0.39, 0.29) is 12.1 Å². The molecule has 1 fully saturated rings. The summed E-state index contributed by atoms with van der Waals surface area (Å²) in [5.41, 5.74) is 2.24. The molecule has 0 amide bonds. The van der Waals surface area contributed by atoms with E-state index in [1.54, 1.807) is 6.08 Å². The lowest BCUT2D eigenvalue weighted by atomic mass is 10.0. The molecule has 0 aromatic carbocycles. The maximum Gasteiger partial charge on any atom is 0.331 e. The lowest BCUT2D eigenvalue weighted by Gasteiger charge is -2.27. The molecule has 1 N–H and O–H groups in total. The summed E-state index contributed by atoms with van der Waals surface area (Å²) in [7, 11) is 0. The Morgan fingerprint density at radius 3 is 2.95 bits per heavy atom. The van der Waals surface area contributed by atoms with Gasteiger partial charge in [-0.2, -0.15) is 0 Å². The molecule has 0 spiro atoms. The predicted octanol–water partition coefficient (Wildman–Crippen LogP) is 1.66. The fourth-order valence-electron chi connectivity index (χ4n) is 2.61. The van der Waals surface area contributed by atoms with Gasteiger partial charge in [0.2, 0.25) is 0 Å². The summed E-state index contributed by atoms with van der Waals surface area (Å²) in [6.07, 6.45) is 7.31. The van der Waals surface area contributed by atoms with Crippen molar-refractivity contribution in [2.75, 3.05) is 32.7 Å². The Bertz CT molecular complexity index is 420. The van der Waals surface area contributed by atoms with Crippen LogP contribution in [0.1, 0.15) is 19.8 Å². The topological polar surface area (TPSA) is 41.6 Å². The van der Waals surface area contributed by atoms with Crippen LogP contribution in [0.5, 0.6) is 0 Å². The average Bonchev–Trinajstić information content (AvgIpc) is 2.43. The largest absolute Gasteiger partial charge is 0.459 e. The third kappa shape index (κ3) is 4.62. The summed E-state index contributed by atoms with van der Waals surface area (Å²) in [6, 6.07) is 0. The number of nitrogens with one attached hydrogen (secondary N) is 1. The highest BCUT2D eigenvalue weighted by Gasteiger charge is 2.16. The van der Waals surface area contributed by atoms with Crippen molar-refractivity contribution in [3.63, 3.8) is 0 Å². The molecule has 2 rings (SSSR count). The van der Waals surface area contributed by atoms with Crippen LogP contribution in [-0.2, 0) is 9.53 Å². The number of allylic oxidation sites excluding steroid dienone is 2. The van der Waals surface area contributed by atoms with Crippen molar-refractivity contribution < 1.29 is 9.53 Å². The average molecular weight is 276 g/mol. The summed E-state index contributed by atoms with van der Waals surface area (Å²) in [5.74, 6) is -0.236. The zero-order chi connectivity index (χ0) is 14.4. The number of nitrogens with zero attached hydrogens (tertiary/aromatic N) is 1. The summed E-state index contributed by atoms with van der Waals surface area (Å²) in [5, 5.41) is 3.35. The van der Waals surface area contributed by atoms with E-state index in [1.165, 1.54) is 5.57 Å². The van der Waals surface area contributed by atoms with Crippen LogP contribution in [0.4, 0.5) is 0 Å². The van der Waals surface area contributed by atoms with Gasteiger partial charge in [-0.25, -0.2) is 4.79 Å². The second-order valence-corrected chi connectivity index (χ2v) is 5.44. The van der Waals surface area contributed by atoms with Crippen LogP contribution >= 0.6 is 0 Å². The van der Waals surface area contributed by atoms with Crippen molar-refractivity contribution in [2.24, 2.45) is 0 Å². The number of piperazine rings is 1. The fraction of sp³-hybridized carbons (Fsp3) is 0.562. The van der Waals surface area contributed by atoms with E-state index in [0.717, 1.165) is 51.1 Å². The second-order valence-electron chi connectivity index (χ2n) is 5.44. The van der Waals surface area contributed by atoms with Gasteiger partial charge in [0.15, 0.2) is 0 Å². The summed E-state index contributed by atoms with van der Waals surface area (Å²) in [4.78, 5) is 13.8. The van der Waals surface area contributed by atoms with Crippen molar-refractivity contribution in [3.05, 3.63) is 36.0 Å². The highest BCUT2D eigenvalue weighted by molar-refractivity contribution is 5.84. The molecule has 2 aliphatic heterocycles. The molecule has 4 heteroatoms. The van der Waals surface area contributed by atoms with Crippen LogP contribution < -0.4 is 5.32 Å². The van der Waals surface area contributed by atoms with Crippen molar-refractivity contribution in [1.29, 1.82) is 0 Å². The highest BCUT2D eigenvalue weighted by atomic mass is 16.5. The number of carbonyl (C=O) groups is 1. The Morgan fingerprint density at radius 2 is 2.30 bits per heavy atom. The van der Waals surface area contributed by atoms with E-state index >= 15 is 0 Å². The molecular formula is C16H24N2O2. The minimum absolute atomic E-state index is 0.0296. The van der Waals surface area contributed by atoms with Gasteiger partial charge in [-0.05, 0) is 24.5 Å². The van der Waals surface area contributed by atoms with Gasteiger partial charge in [-0.1, -0.05) is 18.7 Å². The zero-order valence-electron chi connectivity index (χ0n) is 12.2. The first-order valence-corrected chi connectivity index (χ1v) is 7.34. The number of hydrogen-bond acceptors (Lipinski definition) is 4. The molecule has 1 atom stereocenters. The molecule has 0 aromatic heterocycles. The van der Waals surface area contributed by atoms with Crippen molar-refractivity contribution in [1.82, 2.24) is 10.2 Å². The molecule has 4 nitrogen and oxygen atoms in total. The van der Waals surface area contributed by atoms with Gasteiger partial charge in [-0.3, -0.25) is 0 Å². The molecule has 20 heavy (non-hydrogen) atoms. The first-order chi connectivity index (χ1) is 9.67. The quantitative estimate of drug-likeness (QED) is 0.612. The molecule has 1 saturated heterocycles. The van der Waals surface area contributed by atoms with Gasteiger partial charge in [0.05, 0.1) is 0 Å². The number of esters is 1. The van der Waals surface area contributed by atoms with Crippen LogP contribution in [0.25, 0.3) is 0 Å². The van der Waals surface area contributed by atoms with E-state index in [2.05, 4.69) is 22.9 Å². The Hall–Kier alpha value is -1.39. The van der Waals surface area contributed by atoms with Crippen LogP contribution in [0, 0.1) is 0 Å². The maximum absolute atomic E-state index is 11.4. The smallest absolute Gasteiger partial charge is 0.331 e. The first kappa shape index (κ1) is 15.0. The van der Waals surface area contributed by atoms with Gasteiger partial charge in [0, 0.05) is 45.2 Å². The third-order valence-electron chi connectivity index (χ3n) is 3.70. The summed E-state index contributed by atoms with van der Waals surface area (Å²) >= 11 is 0. The normalized spacial score (nSPS) is 25.1. The Kier molecular flexibility index (Phi) is 5.56. The standard InChI is InChI=1S/C16H24N2O2/c1-3-14(4-7-18-8-5-17-6-9-18)11-15-10-13(2)20-16(19)12-15/h3,11-13,17H,1,4-10H2,2H3. The molecule has 110 valence electrons. The van der Waals surface area contributed by atoms with Crippen LogP contribution in [0.2, 0.25) is 0 Å². The van der Waals surface area contributed by atoms with E-state index in [4.69, 9.17) is 4.74 Å². The number of carbonyl (C=O) groups excluding carboxylic acids is 1. The Labute approximate surface area is 121 Å². The third-order valence-corrected chi connectivity index (χ3v) is 3.70. The molecule has 0 radical (unpaired) electrons. The maximum atomic E-state index is 11.4. The Morgan fingerprint density at radius 1 is 1.55 bits per heavy atom. The molecule has 0 bridgehead atoms. The molecule has 1 unspecified atom stereocenters. The zero-order valence-corrected chi connectivity index (χ0v) is 12.2. The van der Waals surface area contributed by atoms with Gasteiger partial charge >= 0.3 is 5.97 Å². The first-order valence-electron chi connectivity index (χ1n) is 7.34. The molecule has 0 aromatic rings. The molecular weight excluding hydrogens is 252 g/mol. The van der Waals surface area contributed by atoms with E-state index in [1.807, 2.05) is 13.0 Å². The predicted molar refractivity (Wildman–Crippen MR) is 80.5 cm³/mol. The summed E-state index contributed by atoms with van der Waals surface area (Å²) < 4.78 is 5.10. The van der Waals surface area contributed by atoms with Gasteiger partial charge in [-0.15, -0.1) is 0 Å². The number of ether oxygens (including phenoxy) is 1.